The third-order valence-corrected chi connectivity index (χ3v) is 5.27. The summed E-state index contributed by atoms with van der Waals surface area (Å²) in [5.74, 6) is 0.417. The van der Waals surface area contributed by atoms with Crippen molar-refractivity contribution >= 4 is 0 Å². The lowest BCUT2D eigenvalue weighted by Gasteiger charge is -2.26. The first kappa shape index (κ1) is 18.2. The van der Waals surface area contributed by atoms with E-state index in [1.54, 1.807) is 6.07 Å². The highest BCUT2D eigenvalue weighted by atomic mass is 19.4. The SMILES string of the molecule is FC(F)(F)Oc1cccc(O[C@@H]2c3ccccc3C[C@@H]2CN2CCCC2)c1. The van der Waals surface area contributed by atoms with Crippen LogP contribution < -0.4 is 9.47 Å². The smallest absolute Gasteiger partial charge is 0.485 e. The van der Waals surface area contributed by atoms with Crippen LogP contribution in [0.25, 0.3) is 0 Å². The summed E-state index contributed by atoms with van der Waals surface area (Å²) >= 11 is 0. The molecule has 0 radical (unpaired) electrons. The number of rotatable bonds is 5. The van der Waals surface area contributed by atoms with Gasteiger partial charge >= 0.3 is 6.36 Å². The van der Waals surface area contributed by atoms with Crippen LogP contribution in [0.3, 0.4) is 0 Å². The minimum absolute atomic E-state index is 0.164. The van der Waals surface area contributed by atoms with Crippen LogP contribution in [0.1, 0.15) is 30.1 Å². The second kappa shape index (κ2) is 7.43. The minimum Gasteiger partial charge on any atom is -0.485 e. The van der Waals surface area contributed by atoms with E-state index in [1.165, 1.54) is 36.6 Å². The predicted octanol–water partition coefficient (Wildman–Crippen LogP) is 4.97. The molecule has 0 N–H and O–H groups in total. The normalized spacial score (nSPS) is 22.6. The Labute approximate surface area is 156 Å². The molecule has 3 nitrogen and oxygen atoms in total. The van der Waals surface area contributed by atoms with Crippen molar-refractivity contribution in [1.29, 1.82) is 0 Å². The van der Waals surface area contributed by atoms with Gasteiger partial charge < -0.3 is 14.4 Å². The molecule has 1 saturated heterocycles. The zero-order chi connectivity index (χ0) is 18.9. The van der Waals surface area contributed by atoms with Crippen molar-refractivity contribution < 1.29 is 22.6 Å². The van der Waals surface area contributed by atoms with E-state index in [1.807, 2.05) is 12.1 Å². The molecular weight excluding hydrogens is 355 g/mol. The summed E-state index contributed by atoms with van der Waals surface area (Å²) in [6, 6.07) is 14.0. The average molecular weight is 377 g/mol. The molecule has 144 valence electrons. The quantitative estimate of drug-likeness (QED) is 0.734. The second-order valence-electron chi connectivity index (χ2n) is 7.23. The molecule has 1 heterocycles. The number of alkyl halides is 3. The van der Waals surface area contributed by atoms with Crippen molar-refractivity contribution in [2.45, 2.75) is 31.7 Å². The lowest BCUT2D eigenvalue weighted by molar-refractivity contribution is -0.274. The zero-order valence-corrected chi connectivity index (χ0v) is 14.9. The maximum absolute atomic E-state index is 12.5. The Kier molecular flexibility index (Phi) is 5.00. The molecule has 0 spiro atoms. The summed E-state index contributed by atoms with van der Waals surface area (Å²) < 4.78 is 47.7. The van der Waals surface area contributed by atoms with Crippen molar-refractivity contribution in [2.75, 3.05) is 19.6 Å². The summed E-state index contributed by atoms with van der Waals surface area (Å²) in [4.78, 5) is 2.45. The van der Waals surface area contributed by atoms with Gasteiger partial charge in [-0.25, -0.2) is 0 Å². The van der Waals surface area contributed by atoms with Crippen LogP contribution in [0, 0.1) is 5.92 Å². The standard InChI is InChI=1S/C21H22F3NO2/c22-21(23,24)27-18-8-5-7-17(13-18)26-20-16(14-25-10-3-4-11-25)12-15-6-1-2-9-19(15)20/h1-2,5-9,13,16,20H,3-4,10-12,14H2/t16-,20+/m1/s1. The molecule has 0 unspecified atom stereocenters. The van der Waals surface area contributed by atoms with Gasteiger partial charge in [0.1, 0.15) is 17.6 Å². The summed E-state index contributed by atoms with van der Waals surface area (Å²) in [5.41, 5.74) is 2.39. The van der Waals surface area contributed by atoms with E-state index in [0.717, 1.165) is 31.6 Å². The van der Waals surface area contributed by atoms with Crippen molar-refractivity contribution in [3.63, 3.8) is 0 Å². The van der Waals surface area contributed by atoms with Gasteiger partial charge in [-0.1, -0.05) is 30.3 Å². The first-order valence-electron chi connectivity index (χ1n) is 9.30. The van der Waals surface area contributed by atoms with Gasteiger partial charge in [-0.3, -0.25) is 0 Å². The lowest BCUT2D eigenvalue weighted by atomic mass is 10.0. The van der Waals surface area contributed by atoms with Gasteiger partial charge in [0.25, 0.3) is 0 Å². The van der Waals surface area contributed by atoms with E-state index in [2.05, 4.69) is 21.8 Å². The highest BCUT2D eigenvalue weighted by molar-refractivity contribution is 5.38. The van der Waals surface area contributed by atoms with E-state index in [9.17, 15) is 13.2 Å². The zero-order valence-electron chi connectivity index (χ0n) is 14.9. The molecule has 2 atom stereocenters. The first-order chi connectivity index (χ1) is 13.0. The maximum atomic E-state index is 12.5. The van der Waals surface area contributed by atoms with Gasteiger partial charge in [0.05, 0.1) is 0 Å². The fraction of sp³-hybridized carbons (Fsp3) is 0.429. The Morgan fingerprint density at radius 1 is 0.963 bits per heavy atom. The number of hydrogen-bond acceptors (Lipinski definition) is 3. The highest BCUT2D eigenvalue weighted by Gasteiger charge is 2.36. The number of halogens is 3. The van der Waals surface area contributed by atoms with Crippen molar-refractivity contribution in [2.24, 2.45) is 5.92 Å². The van der Waals surface area contributed by atoms with Gasteiger partial charge in [0.2, 0.25) is 0 Å². The monoisotopic (exact) mass is 377 g/mol. The van der Waals surface area contributed by atoms with Crippen LogP contribution in [0.4, 0.5) is 13.2 Å². The van der Waals surface area contributed by atoms with Crippen molar-refractivity contribution in [1.82, 2.24) is 4.90 Å². The predicted molar refractivity (Wildman–Crippen MR) is 95.8 cm³/mol. The number of fused-ring (bicyclic) bond motifs is 1. The molecule has 27 heavy (non-hydrogen) atoms. The van der Waals surface area contributed by atoms with Crippen LogP contribution in [-0.2, 0) is 6.42 Å². The molecule has 6 heteroatoms. The van der Waals surface area contributed by atoms with Crippen LogP contribution in [0.2, 0.25) is 0 Å². The summed E-state index contributed by atoms with van der Waals surface area (Å²) in [5, 5.41) is 0. The third kappa shape index (κ3) is 4.38. The van der Waals surface area contributed by atoms with Gasteiger partial charge in [0, 0.05) is 18.5 Å². The van der Waals surface area contributed by atoms with E-state index in [0.29, 0.717) is 5.75 Å². The molecule has 2 aromatic rings. The number of ether oxygens (including phenoxy) is 2. The van der Waals surface area contributed by atoms with Crippen molar-refractivity contribution in [3.05, 3.63) is 59.7 Å². The molecule has 0 bridgehead atoms. The molecule has 0 saturated carbocycles. The fourth-order valence-corrected chi connectivity index (χ4v) is 4.15. The number of hydrogen-bond donors (Lipinski definition) is 0. The molecule has 1 aliphatic carbocycles. The summed E-state index contributed by atoms with van der Waals surface area (Å²) in [6.45, 7) is 3.15. The van der Waals surface area contributed by atoms with E-state index in [-0.39, 0.29) is 17.8 Å². The Bertz CT molecular complexity index is 787. The maximum Gasteiger partial charge on any atom is 0.573 e. The number of benzene rings is 2. The van der Waals surface area contributed by atoms with Crippen molar-refractivity contribution in [3.8, 4) is 11.5 Å². The molecule has 2 aliphatic rings. The number of nitrogens with zero attached hydrogens (tertiary/aromatic N) is 1. The van der Waals surface area contributed by atoms with Crippen LogP contribution >= 0.6 is 0 Å². The Morgan fingerprint density at radius 3 is 2.48 bits per heavy atom. The topological polar surface area (TPSA) is 21.7 Å². The molecular formula is C21H22F3NO2. The van der Waals surface area contributed by atoms with Gasteiger partial charge in [-0.05, 0) is 55.6 Å². The Balaban J connectivity index is 1.54. The first-order valence-corrected chi connectivity index (χ1v) is 9.30. The largest absolute Gasteiger partial charge is 0.573 e. The van der Waals surface area contributed by atoms with Gasteiger partial charge in [-0.15, -0.1) is 13.2 Å². The van der Waals surface area contributed by atoms with E-state index >= 15 is 0 Å². The van der Waals surface area contributed by atoms with E-state index in [4.69, 9.17) is 4.74 Å². The van der Waals surface area contributed by atoms with E-state index < -0.39 is 6.36 Å². The minimum atomic E-state index is -4.71. The highest BCUT2D eigenvalue weighted by Crippen LogP contribution is 2.40. The van der Waals surface area contributed by atoms with Crippen LogP contribution in [-0.4, -0.2) is 30.9 Å². The molecule has 1 fully saturated rings. The lowest BCUT2D eigenvalue weighted by Crippen LogP contribution is -2.30. The molecule has 4 rings (SSSR count). The molecule has 0 amide bonds. The Hall–Kier alpha value is -2.21. The second-order valence-corrected chi connectivity index (χ2v) is 7.23. The van der Waals surface area contributed by atoms with Crippen LogP contribution in [0.5, 0.6) is 11.5 Å². The van der Waals surface area contributed by atoms with Gasteiger partial charge in [-0.2, -0.15) is 0 Å². The van der Waals surface area contributed by atoms with Gasteiger partial charge in [0.15, 0.2) is 0 Å². The molecule has 2 aromatic carbocycles. The summed E-state index contributed by atoms with van der Waals surface area (Å²) in [7, 11) is 0. The summed E-state index contributed by atoms with van der Waals surface area (Å²) in [6.07, 6.45) is -1.50. The third-order valence-electron chi connectivity index (χ3n) is 5.27. The molecule has 0 aromatic heterocycles. The fourth-order valence-electron chi connectivity index (χ4n) is 4.15. The molecule has 1 aliphatic heterocycles. The van der Waals surface area contributed by atoms with Crippen LogP contribution in [0.15, 0.2) is 48.5 Å². The average Bonchev–Trinajstić information content (AvgIpc) is 3.23. The Morgan fingerprint density at radius 2 is 1.70 bits per heavy atom. The number of likely N-dealkylation sites (tertiary alicyclic amines) is 1.